The van der Waals surface area contributed by atoms with Crippen LogP contribution >= 0.6 is 0 Å². The zero-order valence-corrected chi connectivity index (χ0v) is 16.5. The van der Waals surface area contributed by atoms with E-state index in [-0.39, 0.29) is 12.3 Å². The summed E-state index contributed by atoms with van der Waals surface area (Å²) in [6.07, 6.45) is -0.400. The van der Waals surface area contributed by atoms with Crippen molar-refractivity contribution in [2.75, 3.05) is 5.32 Å². The molecule has 3 aromatic rings. The van der Waals surface area contributed by atoms with Crippen LogP contribution in [0.3, 0.4) is 0 Å². The zero-order chi connectivity index (χ0) is 20.6. The average molecular weight is 392 g/mol. The van der Waals surface area contributed by atoms with Crippen LogP contribution in [0.15, 0.2) is 71.3 Å². The second-order valence-electron chi connectivity index (χ2n) is 6.78. The number of benzene rings is 2. The van der Waals surface area contributed by atoms with Crippen LogP contribution in [0.1, 0.15) is 42.6 Å². The third kappa shape index (κ3) is 5.54. The Labute approximate surface area is 169 Å². The molecule has 6 nitrogen and oxygen atoms in total. The van der Waals surface area contributed by atoms with Crippen LogP contribution in [0.4, 0.5) is 5.82 Å². The zero-order valence-electron chi connectivity index (χ0n) is 16.5. The van der Waals surface area contributed by atoms with Crippen LogP contribution in [0.2, 0.25) is 0 Å². The van der Waals surface area contributed by atoms with Crippen LogP contribution in [0, 0.1) is 6.92 Å². The van der Waals surface area contributed by atoms with Gasteiger partial charge in [-0.2, -0.15) is 0 Å². The summed E-state index contributed by atoms with van der Waals surface area (Å²) < 4.78 is 10.4. The second-order valence-corrected chi connectivity index (χ2v) is 6.78. The van der Waals surface area contributed by atoms with Crippen molar-refractivity contribution in [2.45, 2.75) is 38.7 Å². The molecule has 0 aliphatic carbocycles. The van der Waals surface area contributed by atoms with E-state index in [4.69, 9.17) is 9.26 Å². The Bertz CT molecular complexity index is 898. The Kier molecular flexibility index (Phi) is 6.79. The fourth-order valence-corrected chi connectivity index (χ4v) is 3.13. The molecule has 150 valence electrons. The summed E-state index contributed by atoms with van der Waals surface area (Å²) in [6, 6.07) is 21.2. The third-order valence-electron chi connectivity index (χ3n) is 4.59. The van der Waals surface area contributed by atoms with E-state index in [1.54, 1.807) is 19.9 Å². The van der Waals surface area contributed by atoms with Crippen molar-refractivity contribution in [1.82, 2.24) is 5.16 Å². The summed E-state index contributed by atoms with van der Waals surface area (Å²) in [6.45, 7) is 3.52. The first kappa shape index (κ1) is 20.3. The van der Waals surface area contributed by atoms with Crippen molar-refractivity contribution in [2.24, 2.45) is 0 Å². The number of rotatable bonds is 8. The molecule has 2 aromatic carbocycles. The first-order valence-electron chi connectivity index (χ1n) is 9.60. The molecule has 1 atom stereocenters. The number of carbonyl (C=O) groups is 2. The molecule has 0 radical (unpaired) electrons. The van der Waals surface area contributed by atoms with Crippen molar-refractivity contribution in [1.29, 1.82) is 0 Å². The highest BCUT2D eigenvalue weighted by Gasteiger charge is 2.25. The quantitative estimate of drug-likeness (QED) is 0.572. The molecule has 0 aliphatic heterocycles. The Morgan fingerprint density at radius 1 is 1.03 bits per heavy atom. The van der Waals surface area contributed by atoms with Gasteiger partial charge in [0.05, 0.1) is 6.42 Å². The van der Waals surface area contributed by atoms with Crippen LogP contribution in [0.5, 0.6) is 0 Å². The number of anilines is 1. The SMILES string of the molecule is CCC(OC(=O)CC(c1ccccc1)c1ccccc1)C(=O)Nc1cc(C)on1. The number of ether oxygens (including phenoxy) is 1. The highest BCUT2D eigenvalue weighted by molar-refractivity contribution is 5.94. The number of esters is 1. The van der Waals surface area contributed by atoms with Gasteiger partial charge in [-0.1, -0.05) is 72.7 Å². The molecule has 1 amide bonds. The number of nitrogens with one attached hydrogen (secondary N) is 1. The summed E-state index contributed by atoms with van der Waals surface area (Å²) in [4.78, 5) is 25.1. The maximum atomic E-state index is 12.7. The summed E-state index contributed by atoms with van der Waals surface area (Å²) in [7, 11) is 0. The van der Waals surface area contributed by atoms with E-state index in [1.165, 1.54) is 0 Å². The van der Waals surface area contributed by atoms with Gasteiger partial charge in [0, 0.05) is 12.0 Å². The predicted octanol–water partition coefficient (Wildman–Crippen LogP) is 4.47. The topological polar surface area (TPSA) is 81.4 Å². The van der Waals surface area contributed by atoms with E-state index in [9.17, 15) is 9.59 Å². The third-order valence-corrected chi connectivity index (χ3v) is 4.59. The normalized spacial score (nSPS) is 11.8. The largest absolute Gasteiger partial charge is 0.452 e. The molecule has 1 unspecified atom stereocenters. The van der Waals surface area contributed by atoms with Crippen LogP contribution in [-0.2, 0) is 14.3 Å². The van der Waals surface area contributed by atoms with Gasteiger partial charge in [0.1, 0.15) is 5.76 Å². The number of carbonyl (C=O) groups excluding carboxylic acids is 2. The number of nitrogens with zero attached hydrogens (tertiary/aromatic N) is 1. The molecule has 1 heterocycles. The van der Waals surface area contributed by atoms with Crippen molar-refractivity contribution < 1.29 is 18.8 Å². The number of hydrogen-bond donors (Lipinski definition) is 1. The smallest absolute Gasteiger partial charge is 0.307 e. The molecule has 29 heavy (non-hydrogen) atoms. The molecule has 6 heteroatoms. The first-order valence-corrected chi connectivity index (χ1v) is 9.60. The van der Waals surface area contributed by atoms with Crippen LogP contribution in [-0.4, -0.2) is 23.1 Å². The summed E-state index contributed by atoms with van der Waals surface area (Å²) in [5.74, 6) is -0.123. The lowest BCUT2D eigenvalue weighted by Crippen LogP contribution is -2.32. The Balaban J connectivity index is 1.69. The van der Waals surface area contributed by atoms with Gasteiger partial charge >= 0.3 is 5.97 Å². The minimum Gasteiger partial charge on any atom is -0.452 e. The summed E-state index contributed by atoms with van der Waals surface area (Å²) >= 11 is 0. The van der Waals surface area contributed by atoms with Gasteiger partial charge < -0.3 is 14.6 Å². The molecule has 0 saturated heterocycles. The minimum atomic E-state index is -0.897. The minimum absolute atomic E-state index is 0.140. The highest BCUT2D eigenvalue weighted by Crippen LogP contribution is 2.28. The van der Waals surface area contributed by atoms with Crippen molar-refractivity contribution in [3.63, 3.8) is 0 Å². The predicted molar refractivity (Wildman–Crippen MR) is 109 cm³/mol. The lowest BCUT2D eigenvalue weighted by molar-refractivity contribution is -0.154. The van der Waals surface area contributed by atoms with Crippen molar-refractivity contribution in [3.8, 4) is 0 Å². The molecule has 1 N–H and O–H groups in total. The molecule has 0 fully saturated rings. The van der Waals surface area contributed by atoms with Gasteiger partial charge in [-0.15, -0.1) is 0 Å². The van der Waals surface area contributed by atoms with Gasteiger partial charge in [-0.3, -0.25) is 9.59 Å². The molecule has 0 bridgehead atoms. The van der Waals surface area contributed by atoms with E-state index in [0.29, 0.717) is 18.0 Å². The van der Waals surface area contributed by atoms with Gasteiger partial charge in [0.2, 0.25) is 0 Å². The second kappa shape index (κ2) is 9.68. The lowest BCUT2D eigenvalue weighted by Gasteiger charge is -2.20. The lowest BCUT2D eigenvalue weighted by atomic mass is 9.88. The number of hydrogen-bond acceptors (Lipinski definition) is 5. The van der Waals surface area contributed by atoms with Crippen LogP contribution in [0.25, 0.3) is 0 Å². The van der Waals surface area contributed by atoms with Crippen molar-refractivity contribution in [3.05, 3.63) is 83.6 Å². The molecule has 0 spiro atoms. The summed E-state index contributed by atoms with van der Waals surface area (Å²) in [5.41, 5.74) is 2.04. The number of aromatic nitrogens is 1. The standard InChI is InChI=1S/C23H24N2O4/c1-3-20(23(27)24-21-14-16(2)29-25-21)28-22(26)15-19(17-10-6-4-7-11-17)18-12-8-5-9-13-18/h4-14,19-20H,3,15H2,1-2H3,(H,24,25,27). The Morgan fingerprint density at radius 3 is 2.10 bits per heavy atom. The van der Waals surface area contributed by atoms with E-state index >= 15 is 0 Å². The Morgan fingerprint density at radius 2 is 1.62 bits per heavy atom. The van der Waals surface area contributed by atoms with Crippen molar-refractivity contribution >= 4 is 17.7 Å². The molecule has 0 aliphatic rings. The number of aryl methyl sites for hydroxylation is 1. The monoisotopic (exact) mass is 392 g/mol. The molecular weight excluding hydrogens is 368 g/mol. The fourth-order valence-electron chi connectivity index (χ4n) is 3.13. The van der Waals surface area contributed by atoms with E-state index in [2.05, 4.69) is 10.5 Å². The molecule has 1 aromatic heterocycles. The molecule has 3 rings (SSSR count). The first-order chi connectivity index (χ1) is 14.1. The molecular formula is C23H24N2O4. The van der Waals surface area contributed by atoms with Crippen LogP contribution < -0.4 is 5.32 Å². The Hall–Kier alpha value is -3.41. The van der Waals surface area contributed by atoms with Gasteiger partial charge in [0.15, 0.2) is 11.9 Å². The summed E-state index contributed by atoms with van der Waals surface area (Å²) in [5, 5.41) is 6.35. The maximum absolute atomic E-state index is 12.7. The molecule has 0 saturated carbocycles. The average Bonchev–Trinajstić information content (AvgIpc) is 3.16. The maximum Gasteiger partial charge on any atom is 0.307 e. The van der Waals surface area contributed by atoms with E-state index in [1.807, 2.05) is 60.7 Å². The van der Waals surface area contributed by atoms with Gasteiger partial charge in [-0.25, -0.2) is 0 Å². The van der Waals surface area contributed by atoms with Gasteiger partial charge in [-0.05, 0) is 24.5 Å². The fraction of sp³-hybridized carbons (Fsp3) is 0.261. The van der Waals surface area contributed by atoms with Gasteiger partial charge in [0.25, 0.3) is 5.91 Å². The van der Waals surface area contributed by atoms with E-state index in [0.717, 1.165) is 11.1 Å². The van der Waals surface area contributed by atoms with E-state index < -0.39 is 18.0 Å². The number of amides is 1. The highest BCUT2D eigenvalue weighted by atomic mass is 16.5.